The minimum Gasteiger partial charge on any atom is -0.465 e. The average molecular weight is 267 g/mol. The van der Waals surface area contributed by atoms with Crippen LogP contribution in [0, 0.1) is 5.92 Å². The highest BCUT2D eigenvalue weighted by molar-refractivity contribution is 6.30. The van der Waals surface area contributed by atoms with Crippen molar-refractivity contribution >= 4 is 23.8 Å². The topological polar surface area (TPSA) is 41.9 Å². The molecule has 0 spiro atoms. The first-order valence-corrected chi connectivity index (χ1v) is 6.20. The lowest BCUT2D eigenvalue weighted by Crippen LogP contribution is -2.28. The molecule has 96 valence electrons. The van der Waals surface area contributed by atoms with Crippen LogP contribution in [0.2, 0.25) is 5.02 Å². The van der Waals surface area contributed by atoms with Crippen LogP contribution in [-0.2, 0) is 9.53 Å². The first-order valence-electron chi connectivity index (χ1n) is 5.82. The summed E-state index contributed by atoms with van der Waals surface area (Å²) in [6.07, 6.45) is 1.64. The number of carbonyl (C=O) groups is 1. The highest BCUT2D eigenvalue weighted by Gasteiger charge is 2.36. The van der Waals surface area contributed by atoms with E-state index in [1.165, 1.54) is 0 Å². The predicted molar refractivity (Wildman–Crippen MR) is 70.6 cm³/mol. The maximum absolute atomic E-state index is 11.9. The summed E-state index contributed by atoms with van der Waals surface area (Å²) in [7, 11) is 1.84. The second-order valence-electron chi connectivity index (χ2n) is 4.11. The highest BCUT2D eigenvalue weighted by Crippen LogP contribution is 2.32. The SMILES string of the molecule is CCOC(=O)[C@@H]1C=NN(C)[C@@H]1c1ccc(Cl)cc1. The predicted octanol–water partition coefficient (Wildman–Crippen LogP) is 2.49. The Morgan fingerprint density at radius 3 is 2.72 bits per heavy atom. The van der Waals surface area contributed by atoms with Gasteiger partial charge in [-0.15, -0.1) is 0 Å². The molecule has 0 fully saturated rings. The molecule has 0 unspecified atom stereocenters. The van der Waals surface area contributed by atoms with E-state index >= 15 is 0 Å². The van der Waals surface area contributed by atoms with Crippen molar-refractivity contribution in [3.8, 4) is 0 Å². The van der Waals surface area contributed by atoms with Crippen LogP contribution in [0.25, 0.3) is 0 Å². The minimum atomic E-state index is -0.365. The maximum atomic E-state index is 11.9. The largest absolute Gasteiger partial charge is 0.465 e. The molecule has 0 amide bonds. The Hall–Kier alpha value is -1.55. The Morgan fingerprint density at radius 1 is 1.44 bits per heavy atom. The molecule has 2 atom stereocenters. The molecule has 1 aromatic carbocycles. The Kier molecular flexibility index (Phi) is 3.87. The summed E-state index contributed by atoms with van der Waals surface area (Å²) >= 11 is 5.87. The van der Waals surface area contributed by atoms with E-state index in [0.29, 0.717) is 11.6 Å². The lowest BCUT2D eigenvalue weighted by Gasteiger charge is -2.23. The zero-order chi connectivity index (χ0) is 13.1. The highest BCUT2D eigenvalue weighted by atomic mass is 35.5. The number of esters is 1. The molecule has 0 bridgehead atoms. The second-order valence-corrected chi connectivity index (χ2v) is 4.55. The first kappa shape index (κ1) is 12.9. The van der Waals surface area contributed by atoms with Crippen LogP contribution < -0.4 is 0 Å². The minimum absolute atomic E-state index is 0.124. The lowest BCUT2D eigenvalue weighted by molar-refractivity contribution is -0.146. The van der Waals surface area contributed by atoms with Crippen molar-refractivity contribution in [1.82, 2.24) is 5.01 Å². The van der Waals surface area contributed by atoms with Gasteiger partial charge in [-0.3, -0.25) is 9.80 Å². The Morgan fingerprint density at radius 2 is 2.11 bits per heavy atom. The van der Waals surface area contributed by atoms with Crippen molar-refractivity contribution in [3.05, 3.63) is 34.9 Å². The Bertz CT molecular complexity index is 459. The summed E-state index contributed by atoms with van der Waals surface area (Å²) in [6.45, 7) is 2.17. The summed E-state index contributed by atoms with van der Waals surface area (Å²) in [4.78, 5) is 11.9. The molecule has 5 heteroatoms. The quantitative estimate of drug-likeness (QED) is 0.790. The molecule has 0 N–H and O–H groups in total. The molecule has 4 nitrogen and oxygen atoms in total. The van der Waals surface area contributed by atoms with Crippen molar-refractivity contribution in [1.29, 1.82) is 0 Å². The van der Waals surface area contributed by atoms with Gasteiger partial charge in [-0.2, -0.15) is 5.10 Å². The average Bonchev–Trinajstić information content (AvgIpc) is 2.73. The van der Waals surface area contributed by atoms with Crippen molar-refractivity contribution in [3.63, 3.8) is 0 Å². The third-order valence-corrected chi connectivity index (χ3v) is 3.17. The van der Waals surface area contributed by atoms with E-state index in [1.807, 2.05) is 31.3 Å². The number of hydrogen-bond acceptors (Lipinski definition) is 4. The summed E-state index contributed by atoms with van der Waals surface area (Å²) in [5.74, 6) is -0.610. The molecule has 2 rings (SSSR count). The van der Waals surface area contributed by atoms with Gasteiger partial charge in [0.15, 0.2) is 0 Å². The smallest absolute Gasteiger partial charge is 0.316 e. The van der Waals surface area contributed by atoms with Crippen LogP contribution in [0.3, 0.4) is 0 Å². The van der Waals surface area contributed by atoms with Gasteiger partial charge in [0.2, 0.25) is 0 Å². The van der Waals surface area contributed by atoms with Crippen LogP contribution in [0.5, 0.6) is 0 Å². The Labute approximate surface area is 111 Å². The van der Waals surface area contributed by atoms with E-state index in [-0.39, 0.29) is 17.9 Å². The van der Waals surface area contributed by atoms with Crippen LogP contribution in [0.1, 0.15) is 18.5 Å². The third-order valence-electron chi connectivity index (χ3n) is 2.92. The van der Waals surface area contributed by atoms with E-state index < -0.39 is 0 Å². The molecule has 18 heavy (non-hydrogen) atoms. The fourth-order valence-corrected chi connectivity index (χ4v) is 2.20. The molecular weight excluding hydrogens is 252 g/mol. The lowest BCUT2D eigenvalue weighted by atomic mass is 9.95. The molecule has 1 aliphatic heterocycles. The molecule has 1 aromatic rings. The van der Waals surface area contributed by atoms with Crippen molar-refractivity contribution in [2.75, 3.05) is 13.7 Å². The van der Waals surface area contributed by atoms with E-state index in [1.54, 1.807) is 18.1 Å². The molecule has 0 radical (unpaired) electrons. The van der Waals surface area contributed by atoms with Gasteiger partial charge in [0, 0.05) is 18.3 Å². The van der Waals surface area contributed by atoms with Crippen molar-refractivity contribution < 1.29 is 9.53 Å². The van der Waals surface area contributed by atoms with Gasteiger partial charge < -0.3 is 4.74 Å². The summed E-state index contributed by atoms with van der Waals surface area (Å²) < 4.78 is 5.07. The maximum Gasteiger partial charge on any atom is 0.316 e. The molecule has 0 saturated heterocycles. The second kappa shape index (κ2) is 5.40. The van der Waals surface area contributed by atoms with Gasteiger partial charge in [-0.05, 0) is 24.6 Å². The number of benzene rings is 1. The number of hydrazone groups is 1. The standard InChI is InChI=1S/C13H15ClN2O2/c1-3-18-13(17)11-8-15-16(2)12(11)9-4-6-10(14)7-5-9/h4-8,11-12H,3H2,1-2H3/t11-,12-/m1/s1. The van der Waals surface area contributed by atoms with Gasteiger partial charge in [0.1, 0.15) is 5.92 Å². The van der Waals surface area contributed by atoms with E-state index in [9.17, 15) is 4.79 Å². The van der Waals surface area contributed by atoms with E-state index in [2.05, 4.69) is 5.10 Å². The van der Waals surface area contributed by atoms with Gasteiger partial charge in [-0.1, -0.05) is 23.7 Å². The van der Waals surface area contributed by atoms with Crippen molar-refractivity contribution in [2.45, 2.75) is 13.0 Å². The first-order chi connectivity index (χ1) is 8.63. The zero-order valence-corrected chi connectivity index (χ0v) is 11.1. The van der Waals surface area contributed by atoms with Crippen LogP contribution in [0.4, 0.5) is 0 Å². The fourth-order valence-electron chi connectivity index (χ4n) is 2.07. The van der Waals surface area contributed by atoms with E-state index in [4.69, 9.17) is 16.3 Å². The number of ether oxygens (including phenoxy) is 1. The van der Waals surface area contributed by atoms with Gasteiger partial charge in [0.25, 0.3) is 0 Å². The molecular formula is C13H15ClN2O2. The van der Waals surface area contributed by atoms with Crippen molar-refractivity contribution in [2.24, 2.45) is 11.0 Å². The monoisotopic (exact) mass is 266 g/mol. The van der Waals surface area contributed by atoms with Crippen LogP contribution in [-0.4, -0.2) is 30.8 Å². The number of carbonyl (C=O) groups excluding carboxylic acids is 1. The van der Waals surface area contributed by atoms with Crippen LogP contribution in [0.15, 0.2) is 29.4 Å². The molecule has 0 aromatic heterocycles. The number of nitrogens with zero attached hydrogens (tertiary/aromatic N) is 2. The van der Waals surface area contributed by atoms with Gasteiger partial charge in [-0.25, -0.2) is 0 Å². The summed E-state index contributed by atoms with van der Waals surface area (Å²) in [5, 5.41) is 6.62. The fraction of sp³-hybridized carbons (Fsp3) is 0.385. The van der Waals surface area contributed by atoms with E-state index in [0.717, 1.165) is 5.56 Å². The number of halogens is 1. The molecule has 0 aliphatic carbocycles. The molecule has 0 saturated carbocycles. The summed E-state index contributed by atoms with van der Waals surface area (Å²) in [5.41, 5.74) is 0.998. The molecule has 1 heterocycles. The zero-order valence-electron chi connectivity index (χ0n) is 10.3. The van der Waals surface area contributed by atoms with Gasteiger partial charge >= 0.3 is 5.97 Å². The summed E-state index contributed by atoms with van der Waals surface area (Å²) in [6, 6.07) is 7.31. The molecule has 1 aliphatic rings. The third kappa shape index (κ3) is 2.48. The van der Waals surface area contributed by atoms with Crippen LogP contribution >= 0.6 is 11.6 Å². The number of rotatable bonds is 3. The number of hydrogen-bond donors (Lipinski definition) is 0. The van der Waals surface area contributed by atoms with Gasteiger partial charge in [0.05, 0.1) is 12.6 Å². The Balaban J connectivity index is 2.24. The normalized spacial score (nSPS) is 22.3.